The lowest BCUT2D eigenvalue weighted by Crippen LogP contribution is -2.21. The molecule has 0 rings (SSSR count). The van der Waals surface area contributed by atoms with Gasteiger partial charge in [0.25, 0.3) is 0 Å². The fraction of sp³-hybridized carbons (Fsp3) is 0.900. The Kier molecular flexibility index (Phi) is 8.98. The van der Waals surface area contributed by atoms with Gasteiger partial charge in [0, 0.05) is 13.6 Å². The molecule has 0 aliphatic rings. The Balaban J connectivity index is 3.11. The van der Waals surface area contributed by atoms with Gasteiger partial charge in [0.1, 0.15) is 4.32 Å². The van der Waals surface area contributed by atoms with E-state index in [-0.39, 0.29) is 0 Å². The summed E-state index contributed by atoms with van der Waals surface area (Å²) < 4.78 is 0.702. The first-order chi connectivity index (χ1) is 6.18. The van der Waals surface area contributed by atoms with E-state index in [0.717, 1.165) is 6.54 Å². The summed E-state index contributed by atoms with van der Waals surface area (Å²) in [6, 6.07) is 0. The number of unbranched alkanes of at least 4 members (excludes halogenated alkanes) is 5. The van der Waals surface area contributed by atoms with Crippen molar-refractivity contribution in [2.45, 2.75) is 45.4 Å². The van der Waals surface area contributed by atoms with Crippen molar-refractivity contribution >= 4 is 29.2 Å². The zero-order valence-electron chi connectivity index (χ0n) is 8.75. The van der Waals surface area contributed by atoms with Crippen molar-refractivity contribution < 1.29 is 0 Å². The van der Waals surface area contributed by atoms with Crippen molar-refractivity contribution in [2.75, 3.05) is 13.6 Å². The lowest BCUT2D eigenvalue weighted by molar-refractivity contribution is 0.479. The van der Waals surface area contributed by atoms with E-state index < -0.39 is 0 Å². The summed E-state index contributed by atoms with van der Waals surface area (Å²) in [5.41, 5.74) is 0. The number of thiocarbonyl (C=S) groups is 1. The highest BCUT2D eigenvalue weighted by atomic mass is 32.1. The third kappa shape index (κ3) is 8.57. The third-order valence-corrected chi connectivity index (χ3v) is 2.83. The average molecular weight is 219 g/mol. The average Bonchev–Trinajstić information content (AvgIpc) is 2.10. The van der Waals surface area contributed by atoms with Gasteiger partial charge in [0.2, 0.25) is 0 Å². The second-order valence-corrected chi connectivity index (χ2v) is 4.58. The predicted molar refractivity (Wildman–Crippen MR) is 67.6 cm³/mol. The molecule has 3 heteroatoms. The Labute approximate surface area is 93.3 Å². The van der Waals surface area contributed by atoms with Crippen LogP contribution in [0.4, 0.5) is 0 Å². The van der Waals surface area contributed by atoms with Gasteiger partial charge >= 0.3 is 0 Å². The first-order valence-corrected chi connectivity index (χ1v) is 5.98. The Morgan fingerprint density at radius 1 is 1.15 bits per heavy atom. The molecule has 0 saturated heterocycles. The molecule has 0 aromatic heterocycles. The molecule has 0 bridgehead atoms. The fourth-order valence-corrected chi connectivity index (χ4v) is 1.42. The van der Waals surface area contributed by atoms with Crippen LogP contribution >= 0.6 is 24.8 Å². The number of thiol groups is 1. The van der Waals surface area contributed by atoms with Crippen LogP contribution in [0.25, 0.3) is 0 Å². The summed E-state index contributed by atoms with van der Waals surface area (Å²) in [7, 11) is 2.00. The topological polar surface area (TPSA) is 3.24 Å². The Morgan fingerprint density at radius 2 is 1.69 bits per heavy atom. The lowest BCUT2D eigenvalue weighted by atomic mass is 10.1. The second-order valence-electron chi connectivity index (χ2n) is 3.47. The molecule has 0 amide bonds. The number of hydrogen-bond acceptors (Lipinski definition) is 1. The molecule has 78 valence electrons. The summed E-state index contributed by atoms with van der Waals surface area (Å²) in [4.78, 5) is 2.03. The number of hydrogen-bond donors (Lipinski definition) is 1. The second kappa shape index (κ2) is 8.82. The van der Waals surface area contributed by atoms with E-state index >= 15 is 0 Å². The van der Waals surface area contributed by atoms with Crippen LogP contribution in [0.5, 0.6) is 0 Å². The molecule has 0 aromatic rings. The van der Waals surface area contributed by atoms with Gasteiger partial charge in [-0.3, -0.25) is 0 Å². The van der Waals surface area contributed by atoms with Gasteiger partial charge in [-0.05, 0) is 6.42 Å². The minimum Gasteiger partial charge on any atom is -0.361 e. The van der Waals surface area contributed by atoms with Crippen LogP contribution in [0.1, 0.15) is 45.4 Å². The van der Waals surface area contributed by atoms with Crippen molar-refractivity contribution in [3.05, 3.63) is 0 Å². The Bertz CT molecular complexity index is 137. The Morgan fingerprint density at radius 3 is 2.23 bits per heavy atom. The normalized spacial score (nSPS) is 10.1. The zero-order chi connectivity index (χ0) is 10.1. The highest BCUT2D eigenvalue weighted by Crippen LogP contribution is 2.06. The van der Waals surface area contributed by atoms with Crippen molar-refractivity contribution in [1.29, 1.82) is 0 Å². The van der Waals surface area contributed by atoms with Gasteiger partial charge in [0.05, 0.1) is 0 Å². The molecule has 0 fully saturated rings. The summed E-state index contributed by atoms with van der Waals surface area (Å²) in [6.45, 7) is 3.29. The first-order valence-electron chi connectivity index (χ1n) is 5.12. The van der Waals surface area contributed by atoms with Crippen molar-refractivity contribution in [2.24, 2.45) is 0 Å². The summed E-state index contributed by atoms with van der Waals surface area (Å²) in [6.07, 6.45) is 8.00. The standard InChI is InChI=1S/C10H21NS2/c1-3-4-5-6-7-8-9-11(2)10(12)13/h3-9H2,1-2H3,(H,12,13). The van der Waals surface area contributed by atoms with Gasteiger partial charge in [-0.25, -0.2) is 0 Å². The molecule has 0 unspecified atom stereocenters. The minimum atomic E-state index is 0.702. The molecule has 0 spiro atoms. The largest absolute Gasteiger partial charge is 0.361 e. The maximum absolute atomic E-state index is 4.93. The molecular weight excluding hydrogens is 198 g/mol. The van der Waals surface area contributed by atoms with Crippen LogP contribution in [-0.2, 0) is 0 Å². The van der Waals surface area contributed by atoms with E-state index in [9.17, 15) is 0 Å². The van der Waals surface area contributed by atoms with Crippen LogP contribution in [-0.4, -0.2) is 22.8 Å². The van der Waals surface area contributed by atoms with Gasteiger partial charge in [-0.2, -0.15) is 0 Å². The predicted octanol–water partition coefficient (Wildman–Crippen LogP) is 3.49. The zero-order valence-corrected chi connectivity index (χ0v) is 10.5. The van der Waals surface area contributed by atoms with E-state index in [0.29, 0.717) is 4.32 Å². The number of nitrogens with zero attached hydrogens (tertiary/aromatic N) is 1. The van der Waals surface area contributed by atoms with Gasteiger partial charge in [0.15, 0.2) is 0 Å². The molecule has 0 N–H and O–H groups in total. The van der Waals surface area contributed by atoms with Crippen molar-refractivity contribution in [3.8, 4) is 0 Å². The molecular formula is C10H21NS2. The smallest absolute Gasteiger partial charge is 0.133 e. The third-order valence-electron chi connectivity index (χ3n) is 2.17. The maximum atomic E-state index is 4.93. The van der Waals surface area contributed by atoms with Gasteiger partial charge in [-0.1, -0.05) is 51.2 Å². The highest BCUT2D eigenvalue weighted by Gasteiger charge is 1.97. The lowest BCUT2D eigenvalue weighted by Gasteiger charge is -2.15. The SMILES string of the molecule is CCCCCCCCN(C)C(=S)S. The molecule has 0 saturated carbocycles. The van der Waals surface area contributed by atoms with Crippen LogP contribution in [0.3, 0.4) is 0 Å². The van der Waals surface area contributed by atoms with E-state index in [1.165, 1.54) is 38.5 Å². The van der Waals surface area contributed by atoms with Crippen LogP contribution in [0.2, 0.25) is 0 Å². The summed E-state index contributed by atoms with van der Waals surface area (Å²) in [5, 5.41) is 0. The highest BCUT2D eigenvalue weighted by molar-refractivity contribution is 8.10. The molecule has 13 heavy (non-hydrogen) atoms. The molecule has 0 radical (unpaired) electrons. The van der Waals surface area contributed by atoms with Crippen LogP contribution < -0.4 is 0 Å². The van der Waals surface area contributed by atoms with Crippen molar-refractivity contribution in [1.82, 2.24) is 4.90 Å². The van der Waals surface area contributed by atoms with E-state index in [1.54, 1.807) is 0 Å². The number of rotatable bonds is 7. The fourth-order valence-electron chi connectivity index (χ4n) is 1.22. The van der Waals surface area contributed by atoms with Crippen LogP contribution in [0.15, 0.2) is 0 Å². The molecule has 1 nitrogen and oxygen atoms in total. The maximum Gasteiger partial charge on any atom is 0.133 e. The molecule has 0 aliphatic heterocycles. The molecule has 0 aromatic carbocycles. The van der Waals surface area contributed by atoms with Crippen LogP contribution in [0, 0.1) is 0 Å². The summed E-state index contributed by atoms with van der Waals surface area (Å²) >= 11 is 9.04. The monoisotopic (exact) mass is 219 g/mol. The molecule has 0 atom stereocenters. The van der Waals surface area contributed by atoms with E-state index in [4.69, 9.17) is 12.2 Å². The van der Waals surface area contributed by atoms with Gasteiger partial charge < -0.3 is 4.90 Å². The van der Waals surface area contributed by atoms with E-state index in [2.05, 4.69) is 19.6 Å². The molecule has 0 aliphatic carbocycles. The first kappa shape index (κ1) is 13.2. The van der Waals surface area contributed by atoms with Crippen molar-refractivity contribution in [3.63, 3.8) is 0 Å². The van der Waals surface area contributed by atoms with Gasteiger partial charge in [-0.15, -0.1) is 12.6 Å². The Hall–Kier alpha value is 0.240. The summed E-state index contributed by atoms with van der Waals surface area (Å²) in [5.74, 6) is 0. The quantitative estimate of drug-likeness (QED) is 0.397. The minimum absolute atomic E-state index is 0.702. The van der Waals surface area contributed by atoms with E-state index in [1.807, 2.05) is 11.9 Å². The molecule has 0 heterocycles.